The number of hydrogen-bond donors (Lipinski definition) is 2. The number of halogens is 2. The zero-order valence-electron chi connectivity index (χ0n) is 12.3. The summed E-state index contributed by atoms with van der Waals surface area (Å²) in [5.74, 6) is 0. The number of hydrogen-bond acceptors (Lipinski definition) is 3. The van der Waals surface area contributed by atoms with Gasteiger partial charge in [-0.15, -0.1) is 0 Å². The van der Waals surface area contributed by atoms with Crippen molar-refractivity contribution in [3.05, 3.63) is 12.2 Å². The molecule has 2 aliphatic carbocycles. The standard InChI is InChI=1S/C15H22Br2O3/c1-11(2)14-7-9(16)12(3,18)8-10(14)20-15(11,17)6-5-13(14,4)19/h5-6,9-10,18-19H,7-8H2,1-4H3/t9-,10?,12-,13+,14-,15-/m0/s1. The quantitative estimate of drug-likeness (QED) is 0.477. The first-order chi connectivity index (χ1) is 8.90. The molecule has 0 aromatic heterocycles. The Kier molecular flexibility index (Phi) is 3.03. The summed E-state index contributed by atoms with van der Waals surface area (Å²) in [5, 5.41) is 21.7. The van der Waals surface area contributed by atoms with Crippen molar-refractivity contribution in [3.8, 4) is 0 Å². The molecule has 1 spiro atoms. The van der Waals surface area contributed by atoms with Crippen LogP contribution in [0.25, 0.3) is 0 Å². The molecular weight excluding hydrogens is 388 g/mol. The summed E-state index contributed by atoms with van der Waals surface area (Å²) >= 11 is 7.37. The minimum atomic E-state index is -0.961. The van der Waals surface area contributed by atoms with E-state index in [1.54, 1.807) is 0 Å². The molecule has 0 radical (unpaired) electrons. The molecule has 1 aliphatic heterocycles. The molecule has 1 unspecified atom stereocenters. The predicted molar refractivity (Wildman–Crippen MR) is 85.1 cm³/mol. The first kappa shape index (κ1) is 15.5. The van der Waals surface area contributed by atoms with Crippen molar-refractivity contribution in [1.29, 1.82) is 0 Å². The normalized spacial score (nSPS) is 60.4. The Hall–Kier alpha value is 0.580. The molecular formula is C15H22Br2O3. The molecule has 2 N–H and O–H groups in total. The van der Waals surface area contributed by atoms with Crippen LogP contribution in [0.3, 0.4) is 0 Å². The van der Waals surface area contributed by atoms with Crippen LogP contribution in [0.15, 0.2) is 12.2 Å². The molecule has 1 saturated heterocycles. The molecule has 20 heavy (non-hydrogen) atoms. The van der Waals surface area contributed by atoms with E-state index < -0.39 is 21.1 Å². The Morgan fingerprint density at radius 2 is 1.70 bits per heavy atom. The van der Waals surface area contributed by atoms with E-state index in [4.69, 9.17) is 4.74 Å². The van der Waals surface area contributed by atoms with Gasteiger partial charge in [-0.05, 0) is 42.3 Å². The fourth-order valence-electron chi connectivity index (χ4n) is 4.60. The highest BCUT2D eigenvalue weighted by Gasteiger charge is 2.76. The van der Waals surface area contributed by atoms with Crippen LogP contribution in [0.1, 0.15) is 40.5 Å². The molecule has 3 nitrogen and oxygen atoms in total. The van der Waals surface area contributed by atoms with E-state index in [1.807, 2.05) is 26.0 Å². The fraction of sp³-hybridized carbons (Fsp3) is 0.867. The van der Waals surface area contributed by atoms with Crippen molar-refractivity contribution < 1.29 is 14.9 Å². The number of ether oxygens (including phenoxy) is 1. The lowest BCUT2D eigenvalue weighted by atomic mass is 9.47. The molecule has 5 heteroatoms. The van der Waals surface area contributed by atoms with Gasteiger partial charge in [0.2, 0.25) is 0 Å². The van der Waals surface area contributed by atoms with Crippen LogP contribution in [0.5, 0.6) is 0 Å². The van der Waals surface area contributed by atoms with E-state index in [1.165, 1.54) is 0 Å². The molecule has 2 bridgehead atoms. The van der Waals surface area contributed by atoms with Crippen LogP contribution >= 0.6 is 31.9 Å². The van der Waals surface area contributed by atoms with Crippen molar-refractivity contribution in [3.63, 3.8) is 0 Å². The molecule has 1 heterocycles. The predicted octanol–water partition coefficient (Wildman–Crippen LogP) is 3.12. The highest BCUT2D eigenvalue weighted by Crippen LogP contribution is 2.72. The summed E-state index contributed by atoms with van der Waals surface area (Å²) in [6, 6.07) is 0. The SMILES string of the molecule is CC1(C)[C@]23C[C@H](Br)[C@@](C)(O)CC2O[C@@]1(Br)C=C[C@@]3(C)O. The van der Waals surface area contributed by atoms with Crippen LogP contribution in [0, 0.1) is 10.8 Å². The van der Waals surface area contributed by atoms with Crippen LogP contribution in [0.2, 0.25) is 0 Å². The van der Waals surface area contributed by atoms with E-state index in [0.29, 0.717) is 12.8 Å². The van der Waals surface area contributed by atoms with E-state index in [-0.39, 0.29) is 16.3 Å². The van der Waals surface area contributed by atoms with Crippen molar-refractivity contribution >= 4 is 31.9 Å². The Labute approximate surface area is 137 Å². The second-order valence-electron chi connectivity index (χ2n) is 7.56. The molecule has 114 valence electrons. The summed E-state index contributed by atoms with van der Waals surface area (Å²) in [7, 11) is 0. The Morgan fingerprint density at radius 3 is 2.30 bits per heavy atom. The summed E-state index contributed by atoms with van der Waals surface area (Å²) < 4.78 is 5.71. The minimum absolute atomic E-state index is 0.0676. The lowest BCUT2D eigenvalue weighted by Crippen LogP contribution is -2.66. The van der Waals surface area contributed by atoms with Gasteiger partial charge in [-0.3, -0.25) is 0 Å². The number of fused-ring (bicyclic) bond motifs is 1. The van der Waals surface area contributed by atoms with Crippen molar-refractivity contribution in [2.24, 2.45) is 10.8 Å². The highest BCUT2D eigenvalue weighted by molar-refractivity contribution is 9.10. The Balaban J connectivity index is 2.21. The maximum absolute atomic E-state index is 11.1. The summed E-state index contributed by atoms with van der Waals surface area (Å²) in [6.45, 7) is 7.97. The number of rotatable bonds is 0. The van der Waals surface area contributed by atoms with Gasteiger partial charge >= 0.3 is 0 Å². The van der Waals surface area contributed by atoms with Gasteiger partial charge in [0.1, 0.15) is 4.51 Å². The molecule has 2 fully saturated rings. The van der Waals surface area contributed by atoms with Gasteiger partial charge in [0, 0.05) is 22.1 Å². The van der Waals surface area contributed by atoms with Crippen molar-refractivity contribution in [2.75, 3.05) is 0 Å². The Bertz CT molecular complexity index is 486. The van der Waals surface area contributed by atoms with E-state index >= 15 is 0 Å². The molecule has 0 amide bonds. The van der Waals surface area contributed by atoms with Crippen LogP contribution < -0.4 is 0 Å². The van der Waals surface area contributed by atoms with Gasteiger partial charge in [0.25, 0.3) is 0 Å². The van der Waals surface area contributed by atoms with Crippen molar-refractivity contribution in [1.82, 2.24) is 0 Å². The lowest BCUT2D eigenvalue weighted by Gasteiger charge is -2.59. The van der Waals surface area contributed by atoms with Gasteiger partial charge in [-0.2, -0.15) is 0 Å². The summed E-state index contributed by atoms with van der Waals surface area (Å²) in [5.41, 5.74) is -2.51. The highest BCUT2D eigenvalue weighted by atomic mass is 79.9. The second-order valence-corrected chi connectivity index (χ2v) is 9.85. The molecule has 3 aliphatic rings. The third kappa shape index (κ3) is 1.51. The maximum Gasteiger partial charge on any atom is 0.147 e. The van der Waals surface area contributed by atoms with Gasteiger partial charge in [0.05, 0.1) is 17.3 Å². The van der Waals surface area contributed by atoms with Gasteiger partial charge in [-0.25, -0.2) is 0 Å². The largest absolute Gasteiger partial charge is 0.389 e. The first-order valence-corrected chi connectivity index (χ1v) is 8.76. The molecule has 0 aromatic carbocycles. The van der Waals surface area contributed by atoms with Crippen LogP contribution in [-0.4, -0.2) is 36.9 Å². The fourth-order valence-corrected chi connectivity index (χ4v) is 6.01. The lowest BCUT2D eigenvalue weighted by molar-refractivity contribution is -0.161. The zero-order valence-corrected chi connectivity index (χ0v) is 15.5. The Morgan fingerprint density at radius 1 is 1.10 bits per heavy atom. The molecule has 3 rings (SSSR count). The van der Waals surface area contributed by atoms with Gasteiger partial charge < -0.3 is 14.9 Å². The van der Waals surface area contributed by atoms with E-state index in [9.17, 15) is 10.2 Å². The summed E-state index contributed by atoms with van der Waals surface area (Å²) in [6.07, 6.45) is 4.77. The van der Waals surface area contributed by atoms with Crippen LogP contribution in [-0.2, 0) is 4.74 Å². The van der Waals surface area contributed by atoms with Crippen LogP contribution in [0.4, 0.5) is 0 Å². The number of alkyl halides is 2. The van der Waals surface area contributed by atoms with Crippen molar-refractivity contribution in [2.45, 2.75) is 67.2 Å². The van der Waals surface area contributed by atoms with Gasteiger partial charge in [0.15, 0.2) is 0 Å². The minimum Gasteiger partial charge on any atom is -0.389 e. The topological polar surface area (TPSA) is 49.7 Å². The average Bonchev–Trinajstić information content (AvgIpc) is 2.37. The molecule has 1 saturated carbocycles. The monoisotopic (exact) mass is 408 g/mol. The van der Waals surface area contributed by atoms with Gasteiger partial charge in [-0.1, -0.05) is 35.9 Å². The first-order valence-electron chi connectivity index (χ1n) is 7.06. The molecule has 6 atom stereocenters. The zero-order chi connectivity index (χ0) is 15.2. The van der Waals surface area contributed by atoms with E-state index in [0.717, 1.165) is 0 Å². The third-order valence-electron chi connectivity index (χ3n) is 6.13. The maximum atomic E-state index is 11.1. The second kappa shape index (κ2) is 3.91. The van der Waals surface area contributed by atoms with E-state index in [2.05, 4.69) is 45.7 Å². The smallest absolute Gasteiger partial charge is 0.147 e. The average molecular weight is 410 g/mol. The third-order valence-corrected chi connectivity index (χ3v) is 8.88. The molecule has 0 aromatic rings. The summed E-state index contributed by atoms with van der Waals surface area (Å²) in [4.78, 5) is -0.0676. The number of aliphatic hydroxyl groups is 2.